The van der Waals surface area contributed by atoms with Crippen LogP contribution in [0, 0.1) is 0 Å². The van der Waals surface area contributed by atoms with Gasteiger partial charge in [-0.15, -0.1) is 5.10 Å². The van der Waals surface area contributed by atoms with Crippen LogP contribution in [0.15, 0.2) is 0 Å². The lowest BCUT2D eigenvalue weighted by atomic mass is 9.92. The van der Waals surface area contributed by atoms with Crippen molar-refractivity contribution in [3.05, 3.63) is 11.6 Å². The molecule has 2 unspecified atom stereocenters. The quantitative estimate of drug-likeness (QED) is 0.737. The molecule has 1 heterocycles. The minimum absolute atomic E-state index is 0.158. The van der Waals surface area contributed by atoms with Gasteiger partial charge in [-0.1, -0.05) is 12.8 Å². The van der Waals surface area contributed by atoms with Crippen molar-refractivity contribution in [2.75, 3.05) is 0 Å². The zero-order valence-corrected chi connectivity index (χ0v) is 10.2. The molecule has 98 valence electrons. The van der Waals surface area contributed by atoms with Crippen molar-refractivity contribution < 1.29 is 9.90 Å². The van der Waals surface area contributed by atoms with Crippen LogP contribution in [-0.4, -0.2) is 38.3 Å². The fourth-order valence-corrected chi connectivity index (χ4v) is 2.43. The number of H-pyrrole nitrogens is 1. The predicted molar refractivity (Wildman–Crippen MR) is 64.1 cm³/mol. The molecule has 1 amide bonds. The van der Waals surface area contributed by atoms with E-state index in [-0.39, 0.29) is 17.8 Å². The van der Waals surface area contributed by atoms with Gasteiger partial charge in [0.25, 0.3) is 5.91 Å². The topological polar surface area (TPSA) is 90.9 Å². The zero-order valence-electron chi connectivity index (χ0n) is 10.2. The first kappa shape index (κ1) is 11.6. The van der Waals surface area contributed by atoms with Gasteiger partial charge in [0.15, 0.2) is 0 Å². The summed E-state index contributed by atoms with van der Waals surface area (Å²) in [5, 5.41) is 19.4. The van der Waals surface area contributed by atoms with Gasteiger partial charge in [-0.25, -0.2) is 4.98 Å². The molecule has 0 radical (unpaired) electrons. The summed E-state index contributed by atoms with van der Waals surface area (Å²) in [5.41, 5.74) is 0. The molecular weight excluding hydrogens is 232 g/mol. The second-order valence-corrected chi connectivity index (χ2v) is 5.25. The number of aromatic amines is 1. The van der Waals surface area contributed by atoms with E-state index in [1.165, 1.54) is 0 Å². The van der Waals surface area contributed by atoms with E-state index in [1.807, 2.05) is 0 Å². The molecule has 0 saturated heterocycles. The van der Waals surface area contributed by atoms with Crippen LogP contribution in [0.1, 0.15) is 60.9 Å². The van der Waals surface area contributed by atoms with Crippen LogP contribution in [-0.2, 0) is 0 Å². The molecule has 0 aliphatic heterocycles. The van der Waals surface area contributed by atoms with Crippen molar-refractivity contribution in [1.82, 2.24) is 20.5 Å². The SMILES string of the molecule is O=C(NC1CCCCC1O)c1n[nH]c(C2CC2)n1. The van der Waals surface area contributed by atoms with Crippen molar-refractivity contribution in [3.63, 3.8) is 0 Å². The van der Waals surface area contributed by atoms with Gasteiger partial charge in [0.05, 0.1) is 12.1 Å². The third-order valence-electron chi connectivity index (χ3n) is 3.72. The highest BCUT2D eigenvalue weighted by Crippen LogP contribution is 2.37. The summed E-state index contributed by atoms with van der Waals surface area (Å²) in [4.78, 5) is 16.1. The van der Waals surface area contributed by atoms with Gasteiger partial charge in [0, 0.05) is 5.92 Å². The number of aliphatic hydroxyl groups excluding tert-OH is 1. The molecule has 1 aromatic heterocycles. The van der Waals surface area contributed by atoms with E-state index < -0.39 is 6.10 Å². The van der Waals surface area contributed by atoms with Gasteiger partial charge in [-0.3, -0.25) is 9.89 Å². The molecule has 2 aliphatic carbocycles. The molecule has 18 heavy (non-hydrogen) atoms. The van der Waals surface area contributed by atoms with E-state index in [9.17, 15) is 9.90 Å². The maximum atomic E-state index is 11.9. The van der Waals surface area contributed by atoms with Crippen LogP contribution in [0.25, 0.3) is 0 Å². The van der Waals surface area contributed by atoms with E-state index in [0.29, 0.717) is 5.92 Å². The number of hydrogen-bond donors (Lipinski definition) is 3. The van der Waals surface area contributed by atoms with Crippen LogP contribution in [0.2, 0.25) is 0 Å². The summed E-state index contributed by atoms with van der Waals surface area (Å²) >= 11 is 0. The maximum absolute atomic E-state index is 11.9. The van der Waals surface area contributed by atoms with E-state index in [4.69, 9.17) is 0 Å². The molecule has 2 aliphatic rings. The molecule has 0 bridgehead atoms. The fraction of sp³-hybridized carbons (Fsp3) is 0.750. The first-order chi connectivity index (χ1) is 8.74. The average Bonchev–Trinajstić information content (AvgIpc) is 3.10. The molecule has 0 aromatic carbocycles. The summed E-state index contributed by atoms with van der Waals surface area (Å²) in [6.07, 6.45) is 5.46. The Morgan fingerprint density at radius 3 is 2.78 bits per heavy atom. The Morgan fingerprint density at radius 1 is 1.28 bits per heavy atom. The van der Waals surface area contributed by atoms with Crippen LogP contribution in [0.4, 0.5) is 0 Å². The molecule has 1 aromatic rings. The summed E-state index contributed by atoms with van der Waals surface area (Å²) in [6.45, 7) is 0. The molecular formula is C12H18N4O2. The highest BCUT2D eigenvalue weighted by atomic mass is 16.3. The highest BCUT2D eigenvalue weighted by Gasteiger charge is 2.29. The lowest BCUT2D eigenvalue weighted by Crippen LogP contribution is -2.45. The summed E-state index contributed by atoms with van der Waals surface area (Å²) in [6, 6.07) is -0.158. The number of carbonyl (C=O) groups is 1. The third-order valence-corrected chi connectivity index (χ3v) is 3.72. The van der Waals surface area contributed by atoms with Crippen LogP contribution >= 0.6 is 0 Å². The van der Waals surface area contributed by atoms with Crippen molar-refractivity contribution in [1.29, 1.82) is 0 Å². The summed E-state index contributed by atoms with van der Waals surface area (Å²) in [7, 11) is 0. The van der Waals surface area contributed by atoms with Crippen LogP contribution in [0.5, 0.6) is 0 Å². The first-order valence-electron chi connectivity index (χ1n) is 6.65. The number of amides is 1. The number of aromatic nitrogens is 3. The number of carbonyl (C=O) groups excluding carboxylic acids is 1. The lowest BCUT2D eigenvalue weighted by molar-refractivity contribution is 0.0710. The predicted octanol–water partition coefficient (Wildman–Crippen LogP) is 0.715. The monoisotopic (exact) mass is 250 g/mol. The fourth-order valence-electron chi connectivity index (χ4n) is 2.43. The van der Waals surface area contributed by atoms with Gasteiger partial charge >= 0.3 is 0 Å². The zero-order chi connectivity index (χ0) is 12.5. The Labute approximate surface area is 105 Å². The molecule has 0 spiro atoms. The van der Waals surface area contributed by atoms with E-state index in [1.54, 1.807) is 0 Å². The Morgan fingerprint density at radius 2 is 2.06 bits per heavy atom. The van der Waals surface area contributed by atoms with Gasteiger partial charge in [0.1, 0.15) is 5.82 Å². The molecule has 2 saturated carbocycles. The van der Waals surface area contributed by atoms with E-state index >= 15 is 0 Å². The number of nitrogens with one attached hydrogen (secondary N) is 2. The number of hydrogen-bond acceptors (Lipinski definition) is 4. The Bertz CT molecular complexity index is 441. The van der Waals surface area contributed by atoms with Gasteiger partial charge in [-0.05, 0) is 25.7 Å². The van der Waals surface area contributed by atoms with Crippen molar-refractivity contribution in [3.8, 4) is 0 Å². The summed E-state index contributed by atoms with van der Waals surface area (Å²) < 4.78 is 0. The van der Waals surface area contributed by atoms with Crippen LogP contribution in [0.3, 0.4) is 0 Å². The minimum Gasteiger partial charge on any atom is -0.391 e. The Kier molecular flexibility index (Phi) is 3.03. The van der Waals surface area contributed by atoms with E-state index in [2.05, 4.69) is 20.5 Å². The smallest absolute Gasteiger partial charge is 0.291 e. The molecule has 2 fully saturated rings. The number of rotatable bonds is 3. The Hall–Kier alpha value is -1.43. The molecule has 6 heteroatoms. The molecule has 3 N–H and O–H groups in total. The van der Waals surface area contributed by atoms with Gasteiger partial charge in [-0.2, -0.15) is 0 Å². The van der Waals surface area contributed by atoms with Crippen LogP contribution < -0.4 is 5.32 Å². The highest BCUT2D eigenvalue weighted by molar-refractivity contribution is 5.90. The van der Waals surface area contributed by atoms with Gasteiger partial charge in [0.2, 0.25) is 5.82 Å². The standard InChI is InChI=1S/C12H18N4O2/c17-9-4-2-1-3-8(9)13-12(18)11-14-10(15-16-11)7-5-6-7/h7-9,17H,1-6H2,(H,13,18)(H,14,15,16). The third kappa shape index (κ3) is 2.38. The van der Waals surface area contributed by atoms with Crippen molar-refractivity contribution in [2.45, 2.75) is 56.6 Å². The first-order valence-corrected chi connectivity index (χ1v) is 6.65. The normalized spacial score (nSPS) is 28.1. The minimum atomic E-state index is -0.440. The molecule has 3 rings (SSSR count). The van der Waals surface area contributed by atoms with E-state index in [0.717, 1.165) is 44.3 Å². The summed E-state index contributed by atoms with van der Waals surface area (Å²) in [5.74, 6) is 1.17. The maximum Gasteiger partial charge on any atom is 0.291 e. The molecule has 2 atom stereocenters. The van der Waals surface area contributed by atoms with Gasteiger partial charge < -0.3 is 10.4 Å². The van der Waals surface area contributed by atoms with Crippen molar-refractivity contribution in [2.24, 2.45) is 0 Å². The number of nitrogens with zero attached hydrogens (tertiary/aromatic N) is 2. The molecule has 6 nitrogen and oxygen atoms in total. The second-order valence-electron chi connectivity index (χ2n) is 5.25. The Balaban J connectivity index is 1.62. The second kappa shape index (κ2) is 4.68. The van der Waals surface area contributed by atoms with Crippen molar-refractivity contribution >= 4 is 5.91 Å². The average molecular weight is 250 g/mol. The number of aliphatic hydroxyl groups is 1. The largest absolute Gasteiger partial charge is 0.391 e. The lowest BCUT2D eigenvalue weighted by Gasteiger charge is -2.27.